The van der Waals surface area contributed by atoms with E-state index >= 15 is 0 Å². The summed E-state index contributed by atoms with van der Waals surface area (Å²) in [5, 5.41) is 12.3. The van der Waals surface area contributed by atoms with Crippen LogP contribution in [0.4, 0.5) is 5.82 Å². The summed E-state index contributed by atoms with van der Waals surface area (Å²) in [6.07, 6.45) is 0. The molecule has 0 radical (unpaired) electrons. The van der Waals surface area contributed by atoms with Crippen LogP contribution in [-0.2, 0) is 9.84 Å². The highest BCUT2D eigenvalue weighted by Crippen LogP contribution is 2.30. The van der Waals surface area contributed by atoms with E-state index in [4.69, 9.17) is 4.98 Å². The van der Waals surface area contributed by atoms with Gasteiger partial charge in [-0.15, -0.1) is 5.10 Å². The van der Waals surface area contributed by atoms with Crippen molar-refractivity contribution in [2.45, 2.75) is 42.7 Å². The van der Waals surface area contributed by atoms with E-state index in [1.165, 1.54) is 4.52 Å². The number of nitrogens with zero attached hydrogens (tertiary/aromatic N) is 4. The van der Waals surface area contributed by atoms with Gasteiger partial charge in [-0.2, -0.15) is 4.52 Å². The molecule has 3 aromatic carbocycles. The number of hydrogen-bond donors (Lipinski definition) is 1. The molecule has 5 aromatic rings. The van der Waals surface area contributed by atoms with Gasteiger partial charge in [0.25, 0.3) is 0 Å². The van der Waals surface area contributed by atoms with Crippen LogP contribution in [0.2, 0.25) is 0 Å². The largest absolute Gasteiger partial charge is 0.363 e. The van der Waals surface area contributed by atoms with Crippen molar-refractivity contribution in [1.82, 2.24) is 19.8 Å². The zero-order valence-corrected chi connectivity index (χ0v) is 20.0. The summed E-state index contributed by atoms with van der Waals surface area (Å²) in [5.74, 6) is 0.883. The Morgan fingerprint density at radius 3 is 2.21 bits per heavy atom. The molecule has 5 rings (SSSR count). The summed E-state index contributed by atoms with van der Waals surface area (Å²) in [4.78, 5) is 4.88. The summed E-state index contributed by atoms with van der Waals surface area (Å²) >= 11 is 0. The molecule has 1 atom stereocenters. The molecule has 2 aromatic heterocycles. The van der Waals surface area contributed by atoms with Crippen molar-refractivity contribution in [3.63, 3.8) is 0 Å². The highest BCUT2D eigenvalue weighted by Gasteiger charge is 2.27. The lowest BCUT2D eigenvalue weighted by atomic mass is 10.0. The first-order chi connectivity index (χ1) is 16.4. The van der Waals surface area contributed by atoms with Crippen molar-refractivity contribution in [1.29, 1.82) is 0 Å². The van der Waals surface area contributed by atoms with Gasteiger partial charge in [0.2, 0.25) is 14.9 Å². The van der Waals surface area contributed by atoms with Crippen molar-refractivity contribution in [3.8, 4) is 0 Å². The van der Waals surface area contributed by atoms with Gasteiger partial charge in [-0.05, 0) is 48.2 Å². The Morgan fingerprint density at radius 1 is 0.824 bits per heavy atom. The Kier molecular flexibility index (Phi) is 5.53. The van der Waals surface area contributed by atoms with Crippen LogP contribution in [0.25, 0.3) is 16.6 Å². The molecule has 1 N–H and O–H groups in total. The van der Waals surface area contributed by atoms with Gasteiger partial charge in [0.05, 0.1) is 10.4 Å². The molecule has 2 heterocycles. The van der Waals surface area contributed by atoms with Crippen molar-refractivity contribution >= 4 is 32.2 Å². The van der Waals surface area contributed by atoms with Gasteiger partial charge < -0.3 is 5.32 Å². The Morgan fingerprint density at radius 2 is 1.50 bits per heavy atom. The smallest absolute Gasteiger partial charge is 0.229 e. The Bertz CT molecular complexity index is 1580. The predicted octanol–water partition coefficient (Wildman–Crippen LogP) is 5.41. The second kappa shape index (κ2) is 8.53. The van der Waals surface area contributed by atoms with Crippen LogP contribution in [0, 0.1) is 0 Å². The van der Waals surface area contributed by atoms with Crippen LogP contribution < -0.4 is 5.32 Å². The first kappa shape index (κ1) is 22.0. The first-order valence-corrected chi connectivity index (χ1v) is 12.7. The number of para-hydroxylation sites is 1. The van der Waals surface area contributed by atoms with Crippen LogP contribution in [0.15, 0.2) is 88.8 Å². The summed E-state index contributed by atoms with van der Waals surface area (Å²) in [6.45, 7) is 6.17. The third kappa shape index (κ3) is 3.80. The highest BCUT2D eigenvalue weighted by molar-refractivity contribution is 7.91. The second-order valence-corrected chi connectivity index (χ2v) is 10.5. The SMILES string of the molecule is CC(C)c1ccc(S(=O)(=O)c2nnn3c2nc(NC(C)c2ccccc2)c2ccccc23)cc1. The van der Waals surface area contributed by atoms with E-state index in [9.17, 15) is 8.42 Å². The second-order valence-electron chi connectivity index (χ2n) is 8.61. The number of hydrogen-bond acceptors (Lipinski definition) is 6. The normalized spacial score (nSPS) is 12.9. The van der Waals surface area contributed by atoms with E-state index in [-0.39, 0.29) is 21.6 Å². The van der Waals surface area contributed by atoms with E-state index in [0.717, 1.165) is 22.0 Å². The molecule has 172 valence electrons. The molecule has 34 heavy (non-hydrogen) atoms. The molecule has 1 unspecified atom stereocenters. The molecule has 0 amide bonds. The van der Waals surface area contributed by atoms with E-state index < -0.39 is 9.84 Å². The molecular formula is C26H25N5O2S. The number of sulfone groups is 1. The van der Waals surface area contributed by atoms with Gasteiger partial charge in [0.1, 0.15) is 5.82 Å². The quantitative estimate of drug-likeness (QED) is 0.356. The van der Waals surface area contributed by atoms with Crippen molar-refractivity contribution in [3.05, 3.63) is 90.0 Å². The summed E-state index contributed by atoms with van der Waals surface area (Å²) in [7, 11) is -3.92. The molecule has 0 aliphatic heterocycles. The first-order valence-electron chi connectivity index (χ1n) is 11.2. The molecule has 7 nitrogen and oxygen atoms in total. The standard InChI is InChI=1S/C26H25N5O2S/c1-17(2)19-13-15-21(16-14-19)34(32,33)26-25-28-24(27-18(3)20-9-5-4-6-10-20)22-11-7-8-12-23(22)31(25)30-29-26/h4-18H,1-3H3,(H,27,28). The minimum absolute atomic E-state index is 0.0425. The zero-order chi connectivity index (χ0) is 23.9. The number of fused-ring (bicyclic) bond motifs is 3. The fourth-order valence-corrected chi connectivity index (χ4v) is 5.24. The maximum Gasteiger partial charge on any atom is 0.229 e. The van der Waals surface area contributed by atoms with Gasteiger partial charge in [0, 0.05) is 11.4 Å². The lowest BCUT2D eigenvalue weighted by Crippen LogP contribution is -2.10. The fraction of sp³-hybridized carbons (Fsp3) is 0.192. The van der Waals surface area contributed by atoms with Crippen LogP contribution in [0.1, 0.15) is 43.9 Å². The van der Waals surface area contributed by atoms with Crippen LogP contribution in [0.3, 0.4) is 0 Å². The highest BCUT2D eigenvalue weighted by atomic mass is 32.2. The Balaban J connectivity index is 1.65. The van der Waals surface area contributed by atoms with Gasteiger partial charge in [0.15, 0.2) is 5.65 Å². The zero-order valence-electron chi connectivity index (χ0n) is 19.2. The lowest BCUT2D eigenvalue weighted by Gasteiger charge is -2.17. The Labute approximate surface area is 198 Å². The minimum atomic E-state index is -3.92. The maximum absolute atomic E-state index is 13.5. The summed E-state index contributed by atoms with van der Waals surface area (Å²) in [6, 6.07) is 24.5. The van der Waals surface area contributed by atoms with Crippen molar-refractivity contribution < 1.29 is 8.42 Å². The number of aromatic nitrogens is 4. The summed E-state index contributed by atoms with van der Waals surface area (Å²) in [5.41, 5.74) is 3.07. The lowest BCUT2D eigenvalue weighted by molar-refractivity contribution is 0.592. The predicted molar refractivity (Wildman–Crippen MR) is 133 cm³/mol. The van der Waals surface area contributed by atoms with E-state index in [1.807, 2.05) is 73.7 Å². The molecule has 0 bridgehead atoms. The monoisotopic (exact) mass is 471 g/mol. The van der Waals surface area contributed by atoms with Gasteiger partial charge in [-0.25, -0.2) is 13.4 Å². The maximum atomic E-state index is 13.5. The number of rotatable bonds is 6. The molecular weight excluding hydrogens is 446 g/mol. The molecule has 0 fully saturated rings. The van der Waals surface area contributed by atoms with Crippen LogP contribution in [-0.4, -0.2) is 28.2 Å². The fourth-order valence-electron chi connectivity index (χ4n) is 4.00. The Hall–Kier alpha value is -3.78. The number of anilines is 1. The van der Waals surface area contributed by atoms with E-state index in [2.05, 4.69) is 29.5 Å². The third-order valence-electron chi connectivity index (χ3n) is 5.99. The molecule has 0 saturated carbocycles. The van der Waals surface area contributed by atoms with E-state index in [1.54, 1.807) is 12.1 Å². The average molecular weight is 472 g/mol. The summed E-state index contributed by atoms with van der Waals surface area (Å²) < 4.78 is 28.5. The third-order valence-corrected chi connectivity index (χ3v) is 7.65. The minimum Gasteiger partial charge on any atom is -0.363 e. The van der Waals surface area contributed by atoms with Gasteiger partial charge in [-0.3, -0.25) is 0 Å². The number of nitrogens with one attached hydrogen (secondary N) is 1. The number of benzene rings is 3. The van der Waals surface area contributed by atoms with Crippen LogP contribution in [0.5, 0.6) is 0 Å². The molecule has 8 heteroatoms. The van der Waals surface area contributed by atoms with Crippen LogP contribution >= 0.6 is 0 Å². The van der Waals surface area contributed by atoms with Crippen molar-refractivity contribution in [2.75, 3.05) is 5.32 Å². The molecule has 0 saturated heterocycles. The molecule has 0 aliphatic carbocycles. The average Bonchev–Trinajstić information content (AvgIpc) is 3.30. The molecule has 0 spiro atoms. The van der Waals surface area contributed by atoms with Crippen molar-refractivity contribution in [2.24, 2.45) is 0 Å². The topological polar surface area (TPSA) is 89.2 Å². The van der Waals surface area contributed by atoms with Gasteiger partial charge in [-0.1, -0.05) is 73.7 Å². The van der Waals surface area contributed by atoms with E-state index in [0.29, 0.717) is 11.7 Å². The van der Waals surface area contributed by atoms with Gasteiger partial charge >= 0.3 is 0 Å². The molecule has 0 aliphatic rings.